The molecular formula is C18H30O2. The molecule has 3 saturated carbocycles. The number of fused-ring (bicyclic) bond motifs is 3. The molecule has 0 saturated heterocycles. The van der Waals surface area contributed by atoms with Crippen molar-refractivity contribution >= 4 is 5.78 Å². The summed E-state index contributed by atoms with van der Waals surface area (Å²) in [4.78, 5) is 12.0. The maximum absolute atomic E-state index is 12.0. The van der Waals surface area contributed by atoms with E-state index in [1.54, 1.807) is 0 Å². The Morgan fingerprint density at radius 1 is 1.20 bits per heavy atom. The van der Waals surface area contributed by atoms with E-state index >= 15 is 0 Å². The van der Waals surface area contributed by atoms with Crippen molar-refractivity contribution < 1.29 is 9.90 Å². The van der Waals surface area contributed by atoms with Crippen molar-refractivity contribution in [3.05, 3.63) is 0 Å². The molecule has 6 atom stereocenters. The third-order valence-corrected chi connectivity index (χ3v) is 7.16. The number of ketones is 1. The zero-order chi connectivity index (χ0) is 14.3. The molecule has 20 heavy (non-hydrogen) atoms. The van der Waals surface area contributed by atoms with E-state index in [-0.39, 0.29) is 0 Å². The molecule has 0 aromatic rings. The Morgan fingerprint density at radius 3 is 2.70 bits per heavy atom. The Labute approximate surface area is 123 Å². The van der Waals surface area contributed by atoms with Gasteiger partial charge in [-0.2, -0.15) is 0 Å². The Kier molecular flexibility index (Phi) is 3.96. The molecule has 3 rings (SSSR count). The molecule has 114 valence electrons. The lowest BCUT2D eigenvalue weighted by Gasteiger charge is -2.51. The monoisotopic (exact) mass is 278 g/mol. The highest BCUT2D eigenvalue weighted by Gasteiger charge is 2.55. The van der Waals surface area contributed by atoms with E-state index in [1.807, 2.05) is 6.92 Å². The first-order valence-electron chi connectivity index (χ1n) is 8.67. The molecule has 0 aromatic carbocycles. The third kappa shape index (κ3) is 2.24. The Hall–Kier alpha value is -0.370. The van der Waals surface area contributed by atoms with E-state index in [4.69, 9.17) is 5.11 Å². The van der Waals surface area contributed by atoms with Crippen LogP contribution < -0.4 is 0 Å². The van der Waals surface area contributed by atoms with Crippen LogP contribution in [0.15, 0.2) is 0 Å². The van der Waals surface area contributed by atoms with Gasteiger partial charge in [0, 0.05) is 12.5 Å². The van der Waals surface area contributed by atoms with Crippen molar-refractivity contribution in [2.24, 2.45) is 35.0 Å². The zero-order valence-electron chi connectivity index (χ0n) is 13.1. The Morgan fingerprint density at radius 2 is 2.00 bits per heavy atom. The lowest BCUT2D eigenvalue weighted by molar-refractivity contribution is -0.126. The van der Waals surface area contributed by atoms with Gasteiger partial charge in [0.15, 0.2) is 0 Å². The largest absolute Gasteiger partial charge is 0.396 e. The van der Waals surface area contributed by atoms with Crippen LogP contribution in [-0.2, 0) is 4.79 Å². The van der Waals surface area contributed by atoms with Gasteiger partial charge >= 0.3 is 0 Å². The summed E-state index contributed by atoms with van der Waals surface area (Å²) in [6.07, 6.45) is 9.99. The minimum atomic E-state index is 0.302. The van der Waals surface area contributed by atoms with Crippen molar-refractivity contribution in [1.29, 1.82) is 0 Å². The van der Waals surface area contributed by atoms with Crippen molar-refractivity contribution in [2.75, 3.05) is 6.61 Å². The molecule has 2 nitrogen and oxygen atoms in total. The van der Waals surface area contributed by atoms with Gasteiger partial charge < -0.3 is 5.11 Å². The number of Topliss-reactive ketones (excluding diaryl/α,β-unsaturated/α-hetero) is 1. The molecule has 0 amide bonds. The first-order valence-corrected chi connectivity index (χ1v) is 8.67. The summed E-state index contributed by atoms with van der Waals surface area (Å²) in [5, 5.41) is 9.16. The van der Waals surface area contributed by atoms with Gasteiger partial charge in [0.25, 0.3) is 0 Å². The molecule has 2 heteroatoms. The minimum absolute atomic E-state index is 0.302. The van der Waals surface area contributed by atoms with Crippen LogP contribution in [-0.4, -0.2) is 17.5 Å². The maximum Gasteiger partial charge on any atom is 0.133 e. The van der Waals surface area contributed by atoms with E-state index in [0.29, 0.717) is 23.7 Å². The van der Waals surface area contributed by atoms with Crippen LogP contribution in [0.2, 0.25) is 0 Å². The molecular weight excluding hydrogens is 248 g/mol. The molecule has 0 bridgehead atoms. The first-order chi connectivity index (χ1) is 9.56. The number of carbonyl (C=O) groups excluding carboxylic acids is 1. The number of hydrogen-bond acceptors (Lipinski definition) is 2. The Bertz CT molecular complexity index is 378. The van der Waals surface area contributed by atoms with Gasteiger partial charge in [-0.05, 0) is 81.0 Å². The highest BCUT2D eigenvalue weighted by Crippen LogP contribution is 2.62. The molecule has 3 aliphatic carbocycles. The predicted octanol–water partition coefficient (Wildman–Crippen LogP) is 3.82. The highest BCUT2D eigenvalue weighted by molar-refractivity contribution is 5.79. The fraction of sp³-hybridized carbons (Fsp3) is 0.944. The van der Waals surface area contributed by atoms with Crippen molar-refractivity contribution in [3.63, 3.8) is 0 Å². The fourth-order valence-corrected chi connectivity index (χ4v) is 6.18. The summed E-state index contributed by atoms with van der Waals surface area (Å²) in [6.45, 7) is 4.57. The molecule has 3 fully saturated rings. The number of carbonyl (C=O) groups is 1. The van der Waals surface area contributed by atoms with Crippen LogP contribution in [0.3, 0.4) is 0 Å². The molecule has 0 heterocycles. The number of hydrogen-bond donors (Lipinski definition) is 1. The molecule has 0 aliphatic heterocycles. The van der Waals surface area contributed by atoms with Crippen molar-refractivity contribution in [1.82, 2.24) is 0 Å². The number of rotatable bonds is 3. The van der Waals surface area contributed by atoms with Crippen LogP contribution in [0.5, 0.6) is 0 Å². The van der Waals surface area contributed by atoms with E-state index in [0.717, 1.165) is 36.5 Å². The van der Waals surface area contributed by atoms with Crippen LogP contribution in [0.1, 0.15) is 65.2 Å². The van der Waals surface area contributed by atoms with E-state index in [2.05, 4.69) is 6.92 Å². The second-order valence-electron chi connectivity index (χ2n) is 8.01. The lowest BCUT2D eigenvalue weighted by atomic mass is 9.53. The average Bonchev–Trinajstić information content (AvgIpc) is 2.77. The topological polar surface area (TPSA) is 37.3 Å². The molecule has 0 unspecified atom stereocenters. The summed E-state index contributed by atoms with van der Waals surface area (Å²) >= 11 is 0. The summed E-state index contributed by atoms with van der Waals surface area (Å²) in [7, 11) is 0. The SMILES string of the molecule is CC(=O)[C@H]1CC[C@H]2[C@@H]3CC[C@H](CCO)C[C@H]3CC[C@]12C. The van der Waals surface area contributed by atoms with Gasteiger partial charge in [-0.15, -0.1) is 0 Å². The molecule has 1 N–H and O–H groups in total. The maximum atomic E-state index is 12.0. The van der Waals surface area contributed by atoms with Gasteiger partial charge in [-0.1, -0.05) is 13.3 Å². The summed E-state index contributed by atoms with van der Waals surface area (Å²) in [5.41, 5.74) is 0.302. The van der Waals surface area contributed by atoms with Crippen LogP contribution in [0, 0.1) is 35.0 Å². The summed E-state index contributed by atoms with van der Waals surface area (Å²) in [6, 6.07) is 0. The lowest BCUT2D eigenvalue weighted by Crippen LogP contribution is -2.45. The van der Waals surface area contributed by atoms with Gasteiger partial charge in [0.1, 0.15) is 5.78 Å². The average molecular weight is 278 g/mol. The van der Waals surface area contributed by atoms with Crippen molar-refractivity contribution in [3.8, 4) is 0 Å². The zero-order valence-corrected chi connectivity index (χ0v) is 13.1. The Balaban J connectivity index is 1.73. The quantitative estimate of drug-likeness (QED) is 0.852. The molecule has 0 spiro atoms. The molecule has 0 aromatic heterocycles. The van der Waals surface area contributed by atoms with Crippen LogP contribution in [0.4, 0.5) is 0 Å². The standard InChI is InChI=1S/C18H30O2/c1-12(20)16-5-6-17-15-4-3-13(8-10-19)11-14(15)7-9-18(16,17)2/h13-17,19H,3-11H2,1-2H3/t13-,14-,15-,16-,17+,18-/m1/s1. The minimum Gasteiger partial charge on any atom is -0.396 e. The second kappa shape index (κ2) is 5.44. The fourth-order valence-electron chi connectivity index (χ4n) is 6.18. The van der Waals surface area contributed by atoms with Gasteiger partial charge in [0.2, 0.25) is 0 Å². The van der Waals surface area contributed by atoms with Gasteiger partial charge in [-0.3, -0.25) is 4.79 Å². The second-order valence-corrected chi connectivity index (χ2v) is 8.01. The summed E-state index contributed by atoms with van der Waals surface area (Å²) in [5.74, 6) is 4.07. The van der Waals surface area contributed by atoms with Crippen LogP contribution >= 0.6 is 0 Å². The van der Waals surface area contributed by atoms with Gasteiger partial charge in [-0.25, -0.2) is 0 Å². The number of aliphatic hydroxyl groups excluding tert-OH is 1. The summed E-state index contributed by atoms with van der Waals surface area (Å²) < 4.78 is 0. The van der Waals surface area contributed by atoms with E-state index < -0.39 is 0 Å². The number of aliphatic hydroxyl groups is 1. The molecule has 3 aliphatic rings. The van der Waals surface area contributed by atoms with Gasteiger partial charge in [0.05, 0.1) is 0 Å². The van der Waals surface area contributed by atoms with E-state index in [9.17, 15) is 4.79 Å². The highest BCUT2D eigenvalue weighted by atomic mass is 16.3. The van der Waals surface area contributed by atoms with E-state index in [1.165, 1.54) is 38.5 Å². The first kappa shape index (κ1) is 14.6. The van der Waals surface area contributed by atoms with Crippen LogP contribution in [0.25, 0.3) is 0 Å². The van der Waals surface area contributed by atoms with Crippen molar-refractivity contribution in [2.45, 2.75) is 65.2 Å². The smallest absolute Gasteiger partial charge is 0.133 e. The molecule has 0 radical (unpaired) electrons. The normalized spacial score (nSPS) is 47.6. The third-order valence-electron chi connectivity index (χ3n) is 7.16. The predicted molar refractivity (Wildman–Crippen MR) is 80.3 cm³/mol.